The van der Waals surface area contributed by atoms with E-state index in [-0.39, 0.29) is 18.9 Å². The average molecular weight is 311 g/mol. The zero-order chi connectivity index (χ0) is 15.3. The number of nitrogens with two attached hydrogens (primary N) is 1. The molecule has 0 spiro atoms. The molecule has 2 rings (SSSR count). The van der Waals surface area contributed by atoms with Gasteiger partial charge in [-0.05, 0) is 24.3 Å². The molecule has 2 N–H and O–H groups in total. The number of hydrogen-bond acceptors (Lipinski definition) is 3. The summed E-state index contributed by atoms with van der Waals surface area (Å²) >= 11 is 1.44. The first kappa shape index (κ1) is 15.4. The molecule has 0 unspecified atom stereocenters. The number of alkyl halides is 3. The second-order valence-electron chi connectivity index (χ2n) is 4.12. The van der Waals surface area contributed by atoms with Crippen molar-refractivity contribution in [1.82, 2.24) is 0 Å². The summed E-state index contributed by atoms with van der Waals surface area (Å²) in [5, 5.41) is 1.85. The lowest BCUT2D eigenvalue weighted by Crippen LogP contribution is -2.05. The minimum absolute atomic E-state index is 0.188. The van der Waals surface area contributed by atoms with Gasteiger partial charge < -0.3 is 10.5 Å². The highest BCUT2D eigenvalue weighted by Crippen LogP contribution is 2.31. The van der Waals surface area contributed by atoms with Gasteiger partial charge in [0, 0.05) is 15.8 Å². The molecule has 0 amide bonds. The van der Waals surface area contributed by atoms with Gasteiger partial charge in [-0.15, -0.1) is 11.3 Å². The molecule has 110 valence electrons. The van der Waals surface area contributed by atoms with Gasteiger partial charge in [-0.25, -0.2) is 0 Å². The highest BCUT2D eigenvalue weighted by Gasteiger charge is 2.30. The molecule has 2 aromatic rings. The van der Waals surface area contributed by atoms with Crippen LogP contribution in [0.25, 0.3) is 0 Å². The molecule has 1 aromatic heterocycles. The minimum atomic E-state index is -4.37. The van der Waals surface area contributed by atoms with Gasteiger partial charge in [0.25, 0.3) is 0 Å². The van der Waals surface area contributed by atoms with E-state index in [0.29, 0.717) is 0 Å². The first-order valence-corrected chi connectivity index (χ1v) is 6.93. The van der Waals surface area contributed by atoms with E-state index in [0.717, 1.165) is 22.6 Å². The van der Waals surface area contributed by atoms with Gasteiger partial charge in [0.15, 0.2) is 0 Å². The van der Waals surface area contributed by atoms with E-state index in [1.165, 1.54) is 23.5 Å². The summed E-state index contributed by atoms with van der Waals surface area (Å²) in [6, 6.07) is 6.66. The van der Waals surface area contributed by atoms with Crippen LogP contribution in [0.3, 0.4) is 0 Å². The van der Waals surface area contributed by atoms with Crippen molar-refractivity contribution in [2.24, 2.45) is 5.73 Å². The Morgan fingerprint density at radius 2 is 2.05 bits per heavy atom. The molecule has 21 heavy (non-hydrogen) atoms. The molecule has 6 heteroatoms. The number of benzene rings is 1. The molecule has 2 nitrogen and oxygen atoms in total. The van der Waals surface area contributed by atoms with Gasteiger partial charge in [0.05, 0.1) is 12.1 Å². The van der Waals surface area contributed by atoms with E-state index in [2.05, 4.69) is 11.8 Å². The summed E-state index contributed by atoms with van der Waals surface area (Å²) in [5.41, 5.74) is 5.39. The summed E-state index contributed by atoms with van der Waals surface area (Å²) in [4.78, 5) is 0.883. The van der Waals surface area contributed by atoms with Crippen LogP contribution in [0, 0.1) is 11.8 Å². The molecule has 0 radical (unpaired) electrons. The van der Waals surface area contributed by atoms with E-state index < -0.39 is 11.7 Å². The number of rotatable bonds is 3. The highest BCUT2D eigenvalue weighted by molar-refractivity contribution is 7.10. The van der Waals surface area contributed by atoms with Crippen molar-refractivity contribution < 1.29 is 17.9 Å². The Labute approximate surface area is 124 Å². The third-order valence-electron chi connectivity index (χ3n) is 2.53. The van der Waals surface area contributed by atoms with Crippen molar-refractivity contribution in [2.75, 3.05) is 6.54 Å². The fraction of sp³-hybridized carbons (Fsp3) is 0.200. The van der Waals surface area contributed by atoms with E-state index in [9.17, 15) is 13.2 Å². The van der Waals surface area contributed by atoms with Crippen LogP contribution in [-0.2, 0) is 12.8 Å². The first-order valence-electron chi connectivity index (χ1n) is 6.05. The van der Waals surface area contributed by atoms with Crippen LogP contribution in [0.15, 0.2) is 35.7 Å². The predicted octanol–water partition coefficient (Wildman–Crippen LogP) is 3.66. The van der Waals surface area contributed by atoms with Gasteiger partial charge in [-0.1, -0.05) is 17.9 Å². The maximum Gasteiger partial charge on any atom is 0.416 e. The molecular weight excluding hydrogens is 299 g/mol. The van der Waals surface area contributed by atoms with Crippen LogP contribution < -0.4 is 10.5 Å². The monoisotopic (exact) mass is 311 g/mol. The van der Waals surface area contributed by atoms with Crippen molar-refractivity contribution in [3.63, 3.8) is 0 Å². The van der Waals surface area contributed by atoms with E-state index >= 15 is 0 Å². The Bertz CT molecular complexity index is 667. The van der Waals surface area contributed by atoms with E-state index in [4.69, 9.17) is 10.5 Å². The van der Waals surface area contributed by atoms with Gasteiger partial charge in [-0.2, -0.15) is 13.2 Å². The van der Waals surface area contributed by atoms with Crippen LogP contribution in [0.2, 0.25) is 0 Å². The second kappa shape index (κ2) is 6.66. The summed E-state index contributed by atoms with van der Waals surface area (Å²) in [5.74, 6) is 5.81. The number of ether oxygens (including phenoxy) is 1. The third kappa shape index (κ3) is 4.52. The second-order valence-corrected chi connectivity index (χ2v) is 5.12. The Balaban J connectivity index is 2.01. The zero-order valence-corrected chi connectivity index (χ0v) is 11.7. The molecule has 0 saturated carbocycles. The van der Waals surface area contributed by atoms with Crippen LogP contribution in [0.4, 0.5) is 13.2 Å². The fourth-order valence-electron chi connectivity index (χ4n) is 1.59. The molecule has 0 bridgehead atoms. The molecule has 0 aliphatic rings. The lowest BCUT2D eigenvalue weighted by atomic mass is 10.2. The van der Waals surface area contributed by atoms with Crippen molar-refractivity contribution in [2.45, 2.75) is 12.8 Å². The van der Waals surface area contributed by atoms with Crippen molar-refractivity contribution in [1.29, 1.82) is 0 Å². The largest absolute Gasteiger partial charge is 0.488 e. The first-order chi connectivity index (χ1) is 9.99. The maximum absolute atomic E-state index is 12.6. The van der Waals surface area contributed by atoms with Crippen molar-refractivity contribution in [3.05, 3.63) is 51.7 Å². The van der Waals surface area contributed by atoms with Gasteiger partial charge in [0.1, 0.15) is 12.4 Å². The summed E-state index contributed by atoms with van der Waals surface area (Å²) in [7, 11) is 0. The Morgan fingerprint density at radius 1 is 1.24 bits per heavy atom. The Morgan fingerprint density at radius 3 is 2.76 bits per heavy atom. The minimum Gasteiger partial charge on any atom is -0.488 e. The molecular formula is C15H12F3NOS. The number of thiophene rings is 1. The third-order valence-corrected chi connectivity index (χ3v) is 3.44. The van der Waals surface area contributed by atoms with Crippen LogP contribution >= 0.6 is 11.3 Å². The predicted molar refractivity (Wildman–Crippen MR) is 76.0 cm³/mol. The molecule has 1 aromatic carbocycles. The van der Waals surface area contributed by atoms with Crippen LogP contribution in [0.1, 0.15) is 16.0 Å². The lowest BCUT2D eigenvalue weighted by Gasteiger charge is -2.09. The standard InChI is InChI=1S/C15H12F3NOS/c16-15(17,18)12-4-1-5-13(8-12)20-9-14-7-11(10-21-14)3-2-6-19/h1,4-5,7-8,10H,6,9,19H2. The van der Waals surface area contributed by atoms with Gasteiger partial charge >= 0.3 is 6.18 Å². The topological polar surface area (TPSA) is 35.2 Å². The molecule has 0 aliphatic heterocycles. The number of hydrogen-bond donors (Lipinski definition) is 1. The normalized spacial score (nSPS) is 10.9. The SMILES string of the molecule is NCC#Cc1csc(COc2cccc(C(F)(F)F)c2)c1. The highest BCUT2D eigenvalue weighted by atomic mass is 32.1. The average Bonchev–Trinajstić information content (AvgIpc) is 2.90. The van der Waals surface area contributed by atoms with Crippen LogP contribution in [-0.4, -0.2) is 6.54 Å². The molecule has 1 heterocycles. The molecule has 0 saturated heterocycles. The van der Waals surface area contributed by atoms with Gasteiger partial charge in [-0.3, -0.25) is 0 Å². The Hall–Kier alpha value is -1.97. The van der Waals surface area contributed by atoms with Crippen LogP contribution in [0.5, 0.6) is 5.75 Å². The van der Waals surface area contributed by atoms with Crippen molar-refractivity contribution in [3.8, 4) is 17.6 Å². The van der Waals surface area contributed by atoms with Gasteiger partial charge in [0.2, 0.25) is 0 Å². The smallest absolute Gasteiger partial charge is 0.416 e. The fourth-order valence-corrected chi connectivity index (χ4v) is 2.32. The van der Waals surface area contributed by atoms with E-state index in [1.54, 1.807) is 0 Å². The quantitative estimate of drug-likeness (QED) is 0.878. The van der Waals surface area contributed by atoms with Crippen molar-refractivity contribution >= 4 is 11.3 Å². The Kier molecular flexibility index (Phi) is 4.89. The zero-order valence-electron chi connectivity index (χ0n) is 10.9. The molecule has 0 aliphatic carbocycles. The summed E-state index contributed by atoms with van der Waals surface area (Å²) < 4.78 is 43.1. The summed E-state index contributed by atoms with van der Waals surface area (Å²) in [6.45, 7) is 0.488. The maximum atomic E-state index is 12.6. The van der Waals surface area contributed by atoms with E-state index in [1.807, 2.05) is 11.4 Å². The number of halogens is 3. The molecule has 0 atom stereocenters. The lowest BCUT2D eigenvalue weighted by molar-refractivity contribution is -0.137. The molecule has 0 fully saturated rings. The summed E-state index contributed by atoms with van der Waals surface area (Å²) in [6.07, 6.45) is -4.37.